The van der Waals surface area contributed by atoms with Crippen molar-refractivity contribution in [1.82, 2.24) is 0 Å². The first-order valence-corrected chi connectivity index (χ1v) is 8.42. The fourth-order valence-electron chi connectivity index (χ4n) is 1.87. The molecule has 0 unspecified atom stereocenters. The Labute approximate surface area is 140 Å². The third-order valence-electron chi connectivity index (χ3n) is 2.95. The summed E-state index contributed by atoms with van der Waals surface area (Å²) >= 11 is 7.73. The summed E-state index contributed by atoms with van der Waals surface area (Å²) in [7, 11) is 0. The Morgan fingerprint density at radius 2 is 1.91 bits per heavy atom. The molecule has 0 fully saturated rings. The van der Waals surface area contributed by atoms with Crippen LogP contribution in [0.1, 0.15) is 13.8 Å². The van der Waals surface area contributed by atoms with Crippen LogP contribution in [-0.4, -0.2) is 17.8 Å². The summed E-state index contributed by atoms with van der Waals surface area (Å²) in [6.07, 6.45) is -0.639. The Morgan fingerprint density at radius 3 is 2.64 bits per heavy atom. The summed E-state index contributed by atoms with van der Waals surface area (Å²) in [4.78, 5) is 13.3. The molecule has 0 saturated carbocycles. The van der Waals surface area contributed by atoms with Gasteiger partial charge in [0.2, 0.25) is 0 Å². The van der Waals surface area contributed by atoms with Crippen LogP contribution >= 0.6 is 23.4 Å². The van der Waals surface area contributed by atoms with E-state index < -0.39 is 6.10 Å². The van der Waals surface area contributed by atoms with E-state index in [0.717, 1.165) is 16.3 Å². The van der Waals surface area contributed by atoms with Gasteiger partial charge in [-0.3, -0.25) is 4.79 Å². The SMILES string of the molecule is CCSc1ccccc1NC(=O)[C@@H](C)Oc1ccccc1Cl. The van der Waals surface area contributed by atoms with Crippen molar-refractivity contribution < 1.29 is 9.53 Å². The number of amides is 1. The van der Waals surface area contributed by atoms with E-state index in [9.17, 15) is 4.79 Å². The van der Waals surface area contributed by atoms with Gasteiger partial charge in [0.05, 0.1) is 10.7 Å². The van der Waals surface area contributed by atoms with E-state index in [1.165, 1.54) is 0 Å². The van der Waals surface area contributed by atoms with E-state index >= 15 is 0 Å². The number of halogens is 1. The van der Waals surface area contributed by atoms with Gasteiger partial charge in [-0.15, -0.1) is 11.8 Å². The zero-order chi connectivity index (χ0) is 15.9. The maximum atomic E-state index is 12.3. The maximum absolute atomic E-state index is 12.3. The normalized spacial score (nSPS) is 11.8. The highest BCUT2D eigenvalue weighted by molar-refractivity contribution is 7.99. The van der Waals surface area contributed by atoms with Crippen LogP contribution in [0.5, 0.6) is 5.75 Å². The molecule has 0 aliphatic carbocycles. The predicted molar refractivity (Wildman–Crippen MR) is 93.0 cm³/mol. The van der Waals surface area contributed by atoms with E-state index in [1.807, 2.05) is 36.4 Å². The van der Waals surface area contributed by atoms with E-state index in [0.29, 0.717) is 10.8 Å². The van der Waals surface area contributed by atoms with Gasteiger partial charge in [0.1, 0.15) is 5.75 Å². The molecule has 5 heteroatoms. The number of ether oxygens (including phenoxy) is 1. The zero-order valence-corrected chi connectivity index (χ0v) is 14.1. The Balaban J connectivity index is 2.04. The highest BCUT2D eigenvalue weighted by atomic mass is 35.5. The topological polar surface area (TPSA) is 38.3 Å². The molecule has 116 valence electrons. The lowest BCUT2D eigenvalue weighted by molar-refractivity contribution is -0.122. The third kappa shape index (κ3) is 4.42. The lowest BCUT2D eigenvalue weighted by Crippen LogP contribution is -2.30. The second kappa shape index (κ2) is 8.11. The van der Waals surface area contributed by atoms with E-state index in [-0.39, 0.29) is 5.91 Å². The molecule has 3 nitrogen and oxygen atoms in total. The summed E-state index contributed by atoms with van der Waals surface area (Å²) in [5.74, 6) is 1.24. The number of nitrogens with one attached hydrogen (secondary N) is 1. The van der Waals surface area contributed by atoms with Gasteiger partial charge in [-0.1, -0.05) is 42.8 Å². The van der Waals surface area contributed by atoms with Gasteiger partial charge in [0.25, 0.3) is 5.91 Å². The third-order valence-corrected chi connectivity index (χ3v) is 4.22. The minimum atomic E-state index is -0.639. The minimum absolute atomic E-state index is 0.205. The lowest BCUT2D eigenvalue weighted by Gasteiger charge is -2.16. The number of thioether (sulfide) groups is 1. The average Bonchev–Trinajstić information content (AvgIpc) is 2.51. The predicted octanol–water partition coefficient (Wildman–Crippen LogP) is 4.86. The minimum Gasteiger partial charge on any atom is -0.479 e. The number of benzene rings is 2. The molecule has 2 aromatic carbocycles. The molecule has 0 radical (unpaired) electrons. The second-order valence-corrected chi connectivity index (χ2v) is 6.32. The molecule has 0 aromatic heterocycles. The number of carbonyl (C=O) groups is 1. The first kappa shape index (κ1) is 16.7. The number of hydrogen-bond acceptors (Lipinski definition) is 3. The summed E-state index contributed by atoms with van der Waals surface area (Å²) in [5, 5.41) is 3.40. The number of para-hydroxylation sites is 2. The van der Waals surface area contributed by atoms with E-state index in [2.05, 4.69) is 12.2 Å². The van der Waals surface area contributed by atoms with Crippen molar-refractivity contribution in [1.29, 1.82) is 0 Å². The molecule has 0 saturated heterocycles. The molecule has 0 aliphatic heterocycles. The molecule has 2 rings (SSSR count). The van der Waals surface area contributed by atoms with Crippen LogP contribution in [0.3, 0.4) is 0 Å². The van der Waals surface area contributed by atoms with Crippen LogP contribution < -0.4 is 10.1 Å². The van der Waals surface area contributed by atoms with Crippen molar-refractivity contribution in [2.75, 3.05) is 11.1 Å². The van der Waals surface area contributed by atoms with Crippen LogP contribution in [0.25, 0.3) is 0 Å². The second-order valence-electron chi connectivity index (χ2n) is 4.61. The number of hydrogen-bond donors (Lipinski definition) is 1. The van der Waals surface area contributed by atoms with Crippen LogP contribution in [0, 0.1) is 0 Å². The monoisotopic (exact) mass is 335 g/mol. The Hall–Kier alpha value is -1.65. The van der Waals surface area contributed by atoms with Gasteiger partial charge in [0.15, 0.2) is 6.10 Å². The van der Waals surface area contributed by atoms with E-state index in [4.69, 9.17) is 16.3 Å². The van der Waals surface area contributed by atoms with Gasteiger partial charge in [-0.2, -0.15) is 0 Å². The Kier molecular flexibility index (Phi) is 6.16. The summed E-state index contributed by atoms with van der Waals surface area (Å²) in [6, 6.07) is 14.8. The van der Waals surface area contributed by atoms with Crippen molar-refractivity contribution in [2.24, 2.45) is 0 Å². The smallest absolute Gasteiger partial charge is 0.265 e. The highest BCUT2D eigenvalue weighted by Crippen LogP contribution is 2.27. The van der Waals surface area contributed by atoms with Crippen molar-refractivity contribution in [3.05, 3.63) is 53.6 Å². The van der Waals surface area contributed by atoms with Crippen molar-refractivity contribution in [3.63, 3.8) is 0 Å². The van der Waals surface area contributed by atoms with Crippen LogP contribution in [-0.2, 0) is 4.79 Å². The van der Waals surface area contributed by atoms with Crippen LogP contribution in [0.15, 0.2) is 53.4 Å². The van der Waals surface area contributed by atoms with Gasteiger partial charge >= 0.3 is 0 Å². The molecule has 2 aromatic rings. The number of carbonyl (C=O) groups excluding carboxylic acids is 1. The molecule has 0 heterocycles. The standard InChI is InChI=1S/C17H18ClNO2S/c1-3-22-16-11-7-5-9-14(16)19-17(20)12(2)21-15-10-6-4-8-13(15)18/h4-12H,3H2,1-2H3,(H,19,20)/t12-/m1/s1. The maximum Gasteiger partial charge on any atom is 0.265 e. The Morgan fingerprint density at radius 1 is 1.23 bits per heavy atom. The summed E-state index contributed by atoms with van der Waals surface area (Å²) in [6.45, 7) is 3.78. The first-order valence-electron chi connectivity index (χ1n) is 7.05. The molecule has 0 bridgehead atoms. The summed E-state index contributed by atoms with van der Waals surface area (Å²) in [5.41, 5.74) is 0.800. The van der Waals surface area contributed by atoms with E-state index in [1.54, 1.807) is 30.8 Å². The van der Waals surface area contributed by atoms with Crippen LogP contribution in [0.4, 0.5) is 5.69 Å². The fourth-order valence-corrected chi connectivity index (χ4v) is 2.81. The largest absolute Gasteiger partial charge is 0.479 e. The van der Waals surface area contributed by atoms with Gasteiger partial charge in [-0.05, 0) is 36.9 Å². The lowest BCUT2D eigenvalue weighted by atomic mass is 10.3. The van der Waals surface area contributed by atoms with Crippen molar-refractivity contribution >= 4 is 35.0 Å². The zero-order valence-electron chi connectivity index (χ0n) is 12.5. The van der Waals surface area contributed by atoms with Crippen molar-refractivity contribution in [2.45, 2.75) is 24.8 Å². The molecular formula is C17H18ClNO2S. The van der Waals surface area contributed by atoms with Crippen molar-refractivity contribution in [3.8, 4) is 5.75 Å². The van der Waals surface area contributed by atoms with Gasteiger partial charge < -0.3 is 10.1 Å². The molecule has 0 spiro atoms. The molecule has 1 amide bonds. The first-order chi connectivity index (χ1) is 10.6. The van der Waals surface area contributed by atoms with Crippen LogP contribution in [0.2, 0.25) is 5.02 Å². The van der Waals surface area contributed by atoms with Gasteiger partial charge in [0, 0.05) is 4.90 Å². The molecule has 0 aliphatic rings. The molecule has 1 atom stereocenters. The quantitative estimate of drug-likeness (QED) is 0.766. The number of rotatable bonds is 6. The fraction of sp³-hybridized carbons (Fsp3) is 0.235. The highest BCUT2D eigenvalue weighted by Gasteiger charge is 2.17. The number of anilines is 1. The molecule has 1 N–H and O–H groups in total. The van der Waals surface area contributed by atoms with Gasteiger partial charge in [-0.25, -0.2) is 0 Å². The summed E-state index contributed by atoms with van der Waals surface area (Å²) < 4.78 is 5.63. The molecular weight excluding hydrogens is 318 g/mol. The molecule has 22 heavy (non-hydrogen) atoms. The average molecular weight is 336 g/mol. The Bertz CT molecular complexity index is 648.